The summed E-state index contributed by atoms with van der Waals surface area (Å²) in [5, 5.41) is 0. The first-order chi connectivity index (χ1) is 6.49. The van der Waals surface area contributed by atoms with Gasteiger partial charge in [-0.15, -0.1) is 0 Å². The molecule has 0 unspecified atom stereocenters. The van der Waals surface area contributed by atoms with Gasteiger partial charge in [0.25, 0.3) is 0 Å². The van der Waals surface area contributed by atoms with E-state index >= 15 is 0 Å². The summed E-state index contributed by atoms with van der Waals surface area (Å²) in [5.41, 5.74) is 4.50. The molecule has 0 radical (unpaired) electrons. The summed E-state index contributed by atoms with van der Waals surface area (Å²) in [6.45, 7) is 0. The molecule has 0 atom stereocenters. The van der Waals surface area contributed by atoms with Crippen LogP contribution in [0.15, 0.2) is 10.5 Å². The molecule has 6 heteroatoms. The third-order valence-corrected chi connectivity index (χ3v) is 2.31. The molecule has 76 valence electrons. The molecular formula is C8H6BrF2NO2. The topological polar surface area (TPSA) is 52.3 Å². The molecule has 0 amide bonds. The van der Waals surface area contributed by atoms with Gasteiger partial charge in [0, 0.05) is 0 Å². The minimum absolute atomic E-state index is 0.296. The van der Waals surface area contributed by atoms with Crippen molar-refractivity contribution in [3.63, 3.8) is 0 Å². The standard InChI is InChI=1S/C8H6BrF2NO2/c1-14-8(13)5-4(12)2-3(10)6(9)7(5)11/h2H,12H2,1H3. The average Bonchev–Trinajstić information content (AvgIpc) is 2.14. The van der Waals surface area contributed by atoms with Crippen LogP contribution in [0, 0.1) is 11.6 Å². The Morgan fingerprint density at radius 3 is 2.64 bits per heavy atom. The highest BCUT2D eigenvalue weighted by atomic mass is 79.9. The average molecular weight is 266 g/mol. The normalized spacial score (nSPS) is 10.0. The lowest BCUT2D eigenvalue weighted by molar-refractivity contribution is 0.0596. The van der Waals surface area contributed by atoms with Crippen LogP contribution < -0.4 is 5.73 Å². The SMILES string of the molecule is COC(=O)c1c(N)cc(F)c(Br)c1F. The summed E-state index contributed by atoms with van der Waals surface area (Å²) >= 11 is 2.65. The van der Waals surface area contributed by atoms with Crippen molar-refractivity contribution in [2.24, 2.45) is 0 Å². The van der Waals surface area contributed by atoms with Crippen molar-refractivity contribution >= 4 is 27.6 Å². The maximum absolute atomic E-state index is 13.3. The molecule has 1 aromatic carbocycles. The van der Waals surface area contributed by atoms with Crippen LogP contribution in [0.25, 0.3) is 0 Å². The first kappa shape index (κ1) is 10.9. The molecule has 1 rings (SSSR count). The zero-order valence-electron chi connectivity index (χ0n) is 7.11. The fourth-order valence-corrected chi connectivity index (χ4v) is 1.24. The predicted molar refractivity (Wildman–Crippen MR) is 49.8 cm³/mol. The van der Waals surface area contributed by atoms with Crippen molar-refractivity contribution in [3.05, 3.63) is 27.7 Å². The van der Waals surface area contributed by atoms with Gasteiger partial charge >= 0.3 is 5.97 Å². The van der Waals surface area contributed by atoms with Crippen LogP contribution in [0.4, 0.5) is 14.5 Å². The lowest BCUT2D eigenvalue weighted by Gasteiger charge is -2.06. The second kappa shape index (κ2) is 3.91. The zero-order valence-corrected chi connectivity index (χ0v) is 8.69. The Kier molecular flexibility index (Phi) is 3.05. The summed E-state index contributed by atoms with van der Waals surface area (Å²) in [5.74, 6) is -2.87. The minimum atomic E-state index is -1.06. The van der Waals surface area contributed by atoms with Crippen LogP contribution in [-0.4, -0.2) is 13.1 Å². The summed E-state index contributed by atoms with van der Waals surface area (Å²) in [7, 11) is 1.08. The van der Waals surface area contributed by atoms with Gasteiger partial charge < -0.3 is 10.5 Å². The molecule has 0 spiro atoms. The number of rotatable bonds is 1. The van der Waals surface area contributed by atoms with Gasteiger partial charge in [0.1, 0.15) is 11.4 Å². The first-order valence-electron chi connectivity index (χ1n) is 3.50. The number of esters is 1. The molecular weight excluding hydrogens is 260 g/mol. The van der Waals surface area contributed by atoms with Crippen molar-refractivity contribution < 1.29 is 18.3 Å². The van der Waals surface area contributed by atoms with E-state index in [9.17, 15) is 13.6 Å². The van der Waals surface area contributed by atoms with E-state index in [4.69, 9.17) is 5.73 Å². The number of nitrogen functional groups attached to an aromatic ring is 1. The van der Waals surface area contributed by atoms with Gasteiger partial charge in [0.2, 0.25) is 0 Å². The van der Waals surface area contributed by atoms with Crippen molar-refractivity contribution in [3.8, 4) is 0 Å². The number of carbonyl (C=O) groups is 1. The number of anilines is 1. The minimum Gasteiger partial charge on any atom is -0.465 e. The molecule has 0 aliphatic rings. The molecule has 14 heavy (non-hydrogen) atoms. The molecule has 0 bridgehead atoms. The Hall–Kier alpha value is -1.17. The predicted octanol–water partition coefficient (Wildman–Crippen LogP) is 2.10. The van der Waals surface area contributed by atoms with E-state index < -0.39 is 27.6 Å². The number of nitrogens with two attached hydrogens (primary N) is 1. The molecule has 2 N–H and O–H groups in total. The van der Waals surface area contributed by atoms with Gasteiger partial charge in [-0.05, 0) is 22.0 Å². The van der Waals surface area contributed by atoms with E-state index in [1.807, 2.05) is 0 Å². The smallest absolute Gasteiger partial charge is 0.343 e. The van der Waals surface area contributed by atoms with E-state index in [1.54, 1.807) is 0 Å². The molecule has 0 saturated heterocycles. The molecule has 0 heterocycles. The van der Waals surface area contributed by atoms with Gasteiger partial charge in [-0.3, -0.25) is 0 Å². The molecule has 0 fully saturated rings. The molecule has 0 aliphatic carbocycles. The van der Waals surface area contributed by atoms with Gasteiger partial charge in [0.15, 0.2) is 5.82 Å². The summed E-state index contributed by atoms with van der Waals surface area (Å²) < 4.78 is 30.0. The van der Waals surface area contributed by atoms with Crippen LogP contribution in [0.3, 0.4) is 0 Å². The Labute approximate surface area is 87.0 Å². The number of ether oxygens (including phenoxy) is 1. The Morgan fingerprint density at radius 1 is 1.57 bits per heavy atom. The van der Waals surface area contributed by atoms with Gasteiger partial charge in [-0.1, -0.05) is 0 Å². The monoisotopic (exact) mass is 265 g/mol. The second-order valence-electron chi connectivity index (χ2n) is 2.44. The highest BCUT2D eigenvalue weighted by Crippen LogP contribution is 2.27. The zero-order chi connectivity index (χ0) is 10.9. The fraction of sp³-hybridized carbons (Fsp3) is 0.125. The van der Waals surface area contributed by atoms with E-state index in [0.717, 1.165) is 13.2 Å². The lowest BCUT2D eigenvalue weighted by atomic mass is 10.1. The maximum Gasteiger partial charge on any atom is 0.343 e. The van der Waals surface area contributed by atoms with Gasteiger partial charge in [-0.25, -0.2) is 13.6 Å². The van der Waals surface area contributed by atoms with Crippen LogP contribution in [0.1, 0.15) is 10.4 Å². The second-order valence-corrected chi connectivity index (χ2v) is 3.24. The number of halogens is 3. The highest BCUT2D eigenvalue weighted by molar-refractivity contribution is 9.10. The molecule has 1 aromatic rings. The van der Waals surface area contributed by atoms with Crippen LogP contribution >= 0.6 is 15.9 Å². The lowest BCUT2D eigenvalue weighted by Crippen LogP contribution is -2.10. The van der Waals surface area contributed by atoms with Crippen molar-refractivity contribution in [2.75, 3.05) is 12.8 Å². The summed E-state index contributed by atoms with van der Waals surface area (Å²) in [4.78, 5) is 11.0. The quantitative estimate of drug-likeness (QED) is 0.481. The molecule has 0 aliphatic heterocycles. The van der Waals surface area contributed by atoms with Gasteiger partial charge in [0.05, 0.1) is 17.3 Å². The maximum atomic E-state index is 13.3. The third-order valence-electron chi connectivity index (χ3n) is 1.58. The van der Waals surface area contributed by atoms with Crippen LogP contribution in [-0.2, 0) is 4.74 Å². The Morgan fingerprint density at radius 2 is 2.14 bits per heavy atom. The molecule has 0 aromatic heterocycles. The van der Waals surface area contributed by atoms with Crippen LogP contribution in [0.5, 0.6) is 0 Å². The van der Waals surface area contributed by atoms with E-state index in [-0.39, 0.29) is 5.69 Å². The number of carbonyl (C=O) groups excluding carboxylic acids is 1. The van der Waals surface area contributed by atoms with Crippen molar-refractivity contribution in [1.29, 1.82) is 0 Å². The van der Waals surface area contributed by atoms with E-state index in [2.05, 4.69) is 20.7 Å². The largest absolute Gasteiger partial charge is 0.465 e. The molecule has 3 nitrogen and oxygen atoms in total. The number of hydrogen-bond acceptors (Lipinski definition) is 3. The van der Waals surface area contributed by atoms with E-state index in [1.165, 1.54) is 0 Å². The fourth-order valence-electron chi connectivity index (χ4n) is 0.923. The highest BCUT2D eigenvalue weighted by Gasteiger charge is 2.21. The van der Waals surface area contributed by atoms with Crippen molar-refractivity contribution in [1.82, 2.24) is 0 Å². The van der Waals surface area contributed by atoms with Gasteiger partial charge in [-0.2, -0.15) is 0 Å². The summed E-state index contributed by atoms with van der Waals surface area (Å²) in [6.07, 6.45) is 0. The number of methoxy groups -OCH3 is 1. The van der Waals surface area contributed by atoms with Crippen molar-refractivity contribution in [2.45, 2.75) is 0 Å². The van der Waals surface area contributed by atoms with Crippen LogP contribution in [0.2, 0.25) is 0 Å². The Balaban J connectivity index is 3.44. The number of benzene rings is 1. The third kappa shape index (κ3) is 1.70. The first-order valence-corrected chi connectivity index (χ1v) is 4.29. The Bertz CT molecular complexity index is 395. The number of hydrogen-bond donors (Lipinski definition) is 1. The van der Waals surface area contributed by atoms with E-state index in [0.29, 0.717) is 0 Å². The molecule has 0 saturated carbocycles. The summed E-state index contributed by atoms with van der Waals surface area (Å²) in [6, 6.07) is 0.847.